The molecule has 3 aliphatic heterocycles. The molecule has 6 heteroatoms. The maximum absolute atomic E-state index is 11.2. The van der Waals surface area contributed by atoms with Gasteiger partial charge in [0, 0.05) is 27.7 Å². The summed E-state index contributed by atoms with van der Waals surface area (Å²) in [6.45, 7) is 0. The van der Waals surface area contributed by atoms with E-state index in [2.05, 4.69) is 26.1 Å². The third kappa shape index (κ3) is 1.33. The first-order valence-corrected chi connectivity index (χ1v) is 7.14. The molecule has 0 aromatic carbocycles. The summed E-state index contributed by atoms with van der Waals surface area (Å²) in [5.41, 5.74) is 0.754. The van der Waals surface area contributed by atoms with Crippen LogP contribution in [0.1, 0.15) is 0 Å². The second kappa shape index (κ2) is 3.12. The normalized spacial score (nSPS) is 37.6. The van der Waals surface area contributed by atoms with Gasteiger partial charge in [0.2, 0.25) is 0 Å². The topological polar surface area (TPSA) is 32.3 Å². The molecule has 0 bridgehead atoms. The van der Waals surface area contributed by atoms with Crippen LogP contribution in [0.2, 0.25) is 0 Å². The third-order valence-electron chi connectivity index (χ3n) is 2.76. The molecule has 0 aromatic heterocycles. The first-order valence-electron chi connectivity index (χ1n) is 4.48. The SMILES string of the molecule is O=S1CC2(C1)NC=C1C(Cl)=CC(Br)=CN12. The van der Waals surface area contributed by atoms with Gasteiger partial charge in [-0.2, -0.15) is 0 Å². The van der Waals surface area contributed by atoms with Crippen molar-refractivity contribution in [2.24, 2.45) is 0 Å². The fraction of sp³-hybridized carbons (Fsp3) is 0.333. The van der Waals surface area contributed by atoms with E-state index in [0.717, 1.165) is 10.2 Å². The van der Waals surface area contributed by atoms with Crippen molar-refractivity contribution in [2.75, 3.05) is 11.5 Å². The van der Waals surface area contributed by atoms with Crippen LogP contribution in [0.3, 0.4) is 0 Å². The summed E-state index contributed by atoms with van der Waals surface area (Å²) in [5.74, 6) is 1.29. The molecule has 3 rings (SSSR count). The molecule has 1 N–H and O–H groups in total. The van der Waals surface area contributed by atoms with Gasteiger partial charge >= 0.3 is 0 Å². The molecule has 1 saturated heterocycles. The highest BCUT2D eigenvalue weighted by molar-refractivity contribution is 9.11. The molecule has 0 unspecified atom stereocenters. The zero-order valence-corrected chi connectivity index (χ0v) is 10.8. The Kier molecular flexibility index (Phi) is 2.06. The number of fused-ring (bicyclic) bond motifs is 2. The number of nitrogens with one attached hydrogen (secondary N) is 1. The van der Waals surface area contributed by atoms with Crippen molar-refractivity contribution in [3.05, 3.63) is 33.7 Å². The lowest BCUT2D eigenvalue weighted by atomic mass is 10.2. The van der Waals surface area contributed by atoms with E-state index in [9.17, 15) is 4.21 Å². The first-order chi connectivity index (χ1) is 7.11. The first kappa shape index (κ1) is 9.93. The van der Waals surface area contributed by atoms with Gasteiger partial charge in [0.1, 0.15) is 5.66 Å². The second-order valence-corrected chi connectivity index (χ2v) is 6.59. The highest BCUT2D eigenvalue weighted by atomic mass is 79.9. The Balaban J connectivity index is 1.99. The van der Waals surface area contributed by atoms with Crippen LogP contribution in [0.15, 0.2) is 33.7 Å². The Hall–Kier alpha value is -0.260. The zero-order valence-electron chi connectivity index (χ0n) is 7.67. The fourth-order valence-corrected chi connectivity index (χ4v) is 4.27. The van der Waals surface area contributed by atoms with Crippen LogP contribution in [-0.2, 0) is 10.8 Å². The Morgan fingerprint density at radius 3 is 3.00 bits per heavy atom. The van der Waals surface area contributed by atoms with E-state index in [1.165, 1.54) is 0 Å². The smallest absolute Gasteiger partial charge is 0.137 e. The molecule has 0 aromatic rings. The monoisotopic (exact) mass is 306 g/mol. The minimum Gasteiger partial charge on any atom is -0.365 e. The molecular formula is C9H8BrClN2OS. The lowest BCUT2D eigenvalue weighted by Crippen LogP contribution is -2.65. The molecular weight excluding hydrogens is 300 g/mol. The van der Waals surface area contributed by atoms with Gasteiger partial charge in [-0.25, -0.2) is 0 Å². The minimum atomic E-state index is -0.703. The standard InChI is InChI=1S/C9H8BrClN2OS/c10-6-1-7(11)8-2-12-9(13(8)3-6)4-15(14)5-9/h1-3,12H,4-5H2. The van der Waals surface area contributed by atoms with Crippen molar-refractivity contribution in [3.63, 3.8) is 0 Å². The fourth-order valence-electron chi connectivity index (χ4n) is 2.02. The van der Waals surface area contributed by atoms with Gasteiger partial charge in [0.05, 0.1) is 22.2 Å². The van der Waals surface area contributed by atoms with Crippen LogP contribution in [-0.4, -0.2) is 26.3 Å². The van der Waals surface area contributed by atoms with E-state index in [0.29, 0.717) is 16.5 Å². The van der Waals surface area contributed by atoms with Crippen LogP contribution >= 0.6 is 27.5 Å². The molecule has 0 radical (unpaired) electrons. The molecule has 3 heterocycles. The summed E-state index contributed by atoms with van der Waals surface area (Å²) in [4.78, 5) is 2.07. The Labute approximate surface area is 103 Å². The zero-order chi connectivity index (χ0) is 10.6. The van der Waals surface area contributed by atoms with Crippen molar-refractivity contribution in [2.45, 2.75) is 5.66 Å². The van der Waals surface area contributed by atoms with Gasteiger partial charge in [0.15, 0.2) is 0 Å². The summed E-state index contributed by atoms with van der Waals surface area (Å²) >= 11 is 9.53. The Morgan fingerprint density at radius 2 is 2.33 bits per heavy atom. The average molecular weight is 308 g/mol. The maximum Gasteiger partial charge on any atom is 0.137 e. The van der Waals surface area contributed by atoms with E-state index in [1.54, 1.807) is 0 Å². The summed E-state index contributed by atoms with van der Waals surface area (Å²) in [7, 11) is -0.703. The quantitative estimate of drug-likeness (QED) is 0.737. The highest BCUT2D eigenvalue weighted by Gasteiger charge is 2.51. The summed E-state index contributed by atoms with van der Waals surface area (Å²) in [6.07, 6.45) is 5.74. The minimum absolute atomic E-state index is 0.201. The van der Waals surface area contributed by atoms with Crippen molar-refractivity contribution >= 4 is 38.3 Å². The number of allylic oxidation sites excluding steroid dienone is 3. The van der Waals surface area contributed by atoms with E-state index in [-0.39, 0.29) is 5.66 Å². The third-order valence-corrected chi connectivity index (χ3v) is 5.09. The molecule has 0 saturated carbocycles. The lowest BCUT2D eigenvalue weighted by Gasteiger charge is -2.45. The Bertz CT molecular complexity index is 449. The van der Waals surface area contributed by atoms with Crippen LogP contribution in [0, 0.1) is 0 Å². The van der Waals surface area contributed by atoms with Crippen molar-refractivity contribution in [1.29, 1.82) is 0 Å². The largest absolute Gasteiger partial charge is 0.365 e. The van der Waals surface area contributed by atoms with Gasteiger partial charge in [-0.1, -0.05) is 11.6 Å². The summed E-state index contributed by atoms with van der Waals surface area (Å²) < 4.78 is 12.2. The second-order valence-electron chi connectivity index (χ2n) is 3.81. The molecule has 0 amide bonds. The van der Waals surface area contributed by atoms with Crippen molar-refractivity contribution in [3.8, 4) is 0 Å². The van der Waals surface area contributed by atoms with E-state index >= 15 is 0 Å². The summed E-state index contributed by atoms with van der Waals surface area (Å²) in [5, 5.41) is 3.97. The average Bonchev–Trinajstić information content (AvgIpc) is 2.45. The number of halogens is 2. The molecule has 1 fully saturated rings. The van der Waals surface area contributed by atoms with Gasteiger partial charge in [-0.05, 0) is 22.0 Å². The van der Waals surface area contributed by atoms with Crippen LogP contribution in [0.5, 0.6) is 0 Å². The number of hydrogen-bond acceptors (Lipinski definition) is 3. The predicted molar refractivity (Wildman–Crippen MR) is 64.6 cm³/mol. The lowest BCUT2D eigenvalue weighted by molar-refractivity contribution is 0.229. The highest BCUT2D eigenvalue weighted by Crippen LogP contribution is 2.40. The van der Waals surface area contributed by atoms with Gasteiger partial charge in [-0.15, -0.1) is 0 Å². The number of hydrogen-bond donors (Lipinski definition) is 1. The van der Waals surface area contributed by atoms with Crippen LogP contribution in [0.25, 0.3) is 0 Å². The molecule has 15 heavy (non-hydrogen) atoms. The van der Waals surface area contributed by atoms with Crippen molar-refractivity contribution in [1.82, 2.24) is 10.2 Å². The van der Waals surface area contributed by atoms with E-state index < -0.39 is 10.8 Å². The van der Waals surface area contributed by atoms with E-state index in [1.807, 2.05) is 18.5 Å². The van der Waals surface area contributed by atoms with E-state index in [4.69, 9.17) is 11.6 Å². The molecule has 3 nitrogen and oxygen atoms in total. The molecule has 0 aliphatic carbocycles. The summed E-state index contributed by atoms with van der Waals surface area (Å²) in [6, 6.07) is 0. The molecule has 0 atom stereocenters. The number of rotatable bonds is 0. The van der Waals surface area contributed by atoms with Crippen molar-refractivity contribution < 1.29 is 4.21 Å². The van der Waals surface area contributed by atoms with Crippen LogP contribution in [0.4, 0.5) is 0 Å². The van der Waals surface area contributed by atoms with Gasteiger partial charge < -0.3 is 10.2 Å². The van der Waals surface area contributed by atoms with Gasteiger partial charge in [0.25, 0.3) is 0 Å². The van der Waals surface area contributed by atoms with Gasteiger partial charge in [-0.3, -0.25) is 4.21 Å². The number of nitrogens with zero attached hydrogens (tertiary/aromatic N) is 1. The maximum atomic E-state index is 11.2. The Morgan fingerprint density at radius 1 is 1.60 bits per heavy atom. The molecule has 3 aliphatic rings. The van der Waals surface area contributed by atoms with Crippen LogP contribution < -0.4 is 5.32 Å². The molecule has 1 spiro atoms. The predicted octanol–water partition coefficient (Wildman–Crippen LogP) is 1.56. The molecule has 80 valence electrons.